The first-order chi connectivity index (χ1) is 24.8. The van der Waals surface area contributed by atoms with E-state index in [1.807, 2.05) is 60.7 Å². The Balaban J connectivity index is 0.000000464. The minimum atomic E-state index is -6.00. The summed E-state index contributed by atoms with van der Waals surface area (Å²) in [6.45, 7) is 0. The van der Waals surface area contributed by atoms with Crippen LogP contribution in [-0.4, -0.2) is 14.5 Å². The van der Waals surface area contributed by atoms with Crippen molar-refractivity contribution in [1.29, 1.82) is 0 Å². The summed E-state index contributed by atoms with van der Waals surface area (Å²) < 4.78 is 91.4. The van der Waals surface area contributed by atoms with E-state index >= 15 is 0 Å². The van der Waals surface area contributed by atoms with Crippen molar-refractivity contribution in [2.75, 3.05) is 0 Å². The van der Waals surface area contributed by atoms with E-state index in [0.29, 0.717) is 0 Å². The molecule has 7 aromatic rings. The molecule has 262 valence electrons. The van der Waals surface area contributed by atoms with Gasteiger partial charge in [-0.3, -0.25) is 0 Å². The molecule has 0 bridgehead atoms. The lowest BCUT2D eigenvalue weighted by Gasteiger charge is -2.10. The number of hydrogen-bond acceptors (Lipinski definition) is 0. The standard InChI is InChI=1S/C40H28O2.2BF4/c1-6-16-29(17-7-1)35-28-38(32-22-12-4-13-23-32)42-40(33-24-14-5-15-25-33)39(35)34-26-36(30-18-8-2-9-19-30)41-37(27-34)31-20-10-3-11-21-31;2*2-1(3,4)5/h1-28H;;/q+2;2*-1. The van der Waals surface area contributed by atoms with Gasteiger partial charge in [0.05, 0.1) is 46.0 Å². The average Bonchev–Trinajstić information content (AvgIpc) is 3.14. The molecular formula is C40H28B2F8O2. The van der Waals surface area contributed by atoms with Gasteiger partial charge in [0.2, 0.25) is 0 Å². The predicted molar refractivity (Wildman–Crippen MR) is 193 cm³/mol. The third-order valence-corrected chi connectivity index (χ3v) is 7.36. The van der Waals surface area contributed by atoms with Gasteiger partial charge in [0, 0.05) is 11.1 Å². The van der Waals surface area contributed by atoms with Crippen LogP contribution in [0.25, 0.3) is 67.5 Å². The summed E-state index contributed by atoms with van der Waals surface area (Å²) in [4.78, 5) is 0. The van der Waals surface area contributed by atoms with Crippen molar-refractivity contribution in [3.8, 4) is 67.5 Å². The Bertz CT molecular complexity index is 2030. The van der Waals surface area contributed by atoms with Crippen molar-refractivity contribution in [3.05, 3.63) is 170 Å². The highest BCUT2D eigenvalue weighted by Crippen LogP contribution is 2.45. The summed E-state index contributed by atoms with van der Waals surface area (Å²) in [5.74, 6) is 3.19. The van der Waals surface area contributed by atoms with Crippen LogP contribution in [-0.2, 0) is 0 Å². The van der Waals surface area contributed by atoms with Crippen LogP contribution >= 0.6 is 0 Å². The lowest BCUT2D eigenvalue weighted by Crippen LogP contribution is -2.02. The number of benzene rings is 5. The normalized spacial score (nSPS) is 11.1. The molecule has 0 N–H and O–H groups in total. The van der Waals surface area contributed by atoms with Crippen molar-refractivity contribution in [1.82, 2.24) is 0 Å². The highest BCUT2D eigenvalue weighted by molar-refractivity contribution is 6.50. The maximum Gasteiger partial charge on any atom is 0.673 e. The fourth-order valence-electron chi connectivity index (χ4n) is 5.32. The second-order valence-corrected chi connectivity index (χ2v) is 11.1. The molecule has 2 nitrogen and oxygen atoms in total. The minimum absolute atomic E-state index is 0.789. The molecule has 12 heteroatoms. The van der Waals surface area contributed by atoms with Crippen molar-refractivity contribution in [2.24, 2.45) is 0 Å². The molecule has 0 aliphatic carbocycles. The zero-order chi connectivity index (χ0) is 37.1. The van der Waals surface area contributed by atoms with Crippen LogP contribution in [0.1, 0.15) is 0 Å². The molecular weight excluding hydrogens is 686 g/mol. The van der Waals surface area contributed by atoms with Crippen molar-refractivity contribution >= 4 is 14.5 Å². The molecule has 0 fully saturated rings. The molecule has 0 amide bonds. The molecule has 5 aromatic carbocycles. The quantitative estimate of drug-likeness (QED) is 0.0972. The summed E-state index contributed by atoms with van der Waals surface area (Å²) in [5.41, 5.74) is 8.28. The minimum Gasteiger partial charge on any atom is -0.418 e. The molecule has 0 atom stereocenters. The topological polar surface area (TPSA) is 22.6 Å². The van der Waals surface area contributed by atoms with E-state index in [0.717, 1.165) is 67.5 Å². The molecule has 7 rings (SSSR count). The van der Waals surface area contributed by atoms with Crippen LogP contribution in [0.4, 0.5) is 34.5 Å². The monoisotopic (exact) mass is 714 g/mol. The highest BCUT2D eigenvalue weighted by atomic mass is 19.5. The maximum atomic E-state index is 9.75. The first kappa shape index (κ1) is 37.2. The number of halogens is 8. The lowest BCUT2D eigenvalue weighted by atomic mass is 9.90. The van der Waals surface area contributed by atoms with Gasteiger partial charge in [-0.25, -0.2) is 8.83 Å². The lowest BCUT2D eigenvalue weighted by molar-refractivity contribution is 0.366. The van der Waals surface area contributed by atoms with Crippen LogP contribution in [0.2, 0.25) is 0 Å². The fraction of sp³-hybridized carbons (Fsp3) is 0. The molecule has 0 unspecified atom stereocenters. The van der Waals surface area contributed by atoms with Crippen molar-refractivity contribution in [3.63, 3.8) is 0 Å². The summed E-state index contributed by atoms with van der Waals surface area (Å²) in [5, 5.41) is 0. The molecule has 0 saturated carbocycles. The van der Waals surface area contributed by atoms with Crippen LogP contribution in [0.15, 0.2) is 179 Å². The zero-order valence-electron chi connectivity index (χ0n) is 27.2. The van der Waals surface area contributed by atoms with Gasteiger partial charge >= 0.3 is 37.5 Å². The van der Waals surface area contributed by atoms with Gasteiger partial charge < -0.3 is 34.5 Å². The summed E-state index contributed by atoms with van der Waals surface area (Å²) in [6.07, 6.45) is 0. The van der Waals surface area contributed by atoms with Crippen LogP contribution < -0.4 is 0 Å². The summed E-state index contributed by atoms with van der Waals surface area (Å²) in [7, 11) is -12.0. The average molecular weight is 714 g/mol. The molecule has 0 saturated heterocycles. The van der Waals surface area contributed by atoms with E-state index in [1.165, 1.54) is 0 Å². The van der Waals surface area contributed by atoms with E-state index in [2.05, 4.69) is 109 Å². The van der Waals surface area contributed by atoms with E-state index in [-0.39, 0.29) is 0 Å². The van der Waals surface area contributed by atoms with Crippen molar-refractivity contribution < 1.29 is 43.4 Å². The van der Waals surface area contributed by atoms with E-state index in [9.17, 15) is 34.5 Å². The Morgan fingerprint density at radius 1 is 0.308 bits per heavy atom. The van der Waals surface area contributed by atoms with E-state index in [1.54, 1.807) is 0 Å². The van der Waals surface area contributed by atoms with E-state index in [4.69, 9.17) is 8.83 Å². The first-order valence-electron chi connectivity index (χ1n) is 15.8. The third kappa shape index (κ3) is 11.0. The third-order valence-electron chi connectivity index (χ3n) is 7.36. The van der Waals surface area contributed by atoms with Crippen LogP contribution in [0.5, 0.6) is 0 Å². The molecule has 2 aromatic heterocycles. The summed E-state index contributed by atoms with van der Waals surface area (Å²) in [6, 6.07) is 58.1. The van der Waals surface area contributed by atoms with Gasteiger partial charge in [-0.15, -0.1) is 0 Å². The molecule has 0 aliphatic rings. The molecule has 52 heavy (non-hydrogen) atoms. The smallest absolute Gasteiger partial charge is 0.418 e. The molecule has 0 radical (unpaired) electrons. The molecule has 0 spiro atoms. The largest absolute Gasteiger partial charge is 0.673 e. The van der Waals surface area contributed by atoms with Crippen LogP contribution in [0.3, 0.4) is 0 Å². The molecule has 0 aliphatic heterocycles. The Kier molecular flexibility index (Phi) is 12.0. The maximum absolute atomic E-state index is 9.75. The zero-order valence-corrected chi connectivity index (χ0v) is 27.2. The number of rotatable bonds is 6. The van der Waals surface area contributed by atoms with Crippen molar-refractivity contribution in [2.45, 2.75) is 0 Å². The van der Waals surface area contributed by atoms with Gasteiger partial charge in [-0.2, -0.15) is 0 Å². The van der Waals surface area contributed by atoms with E-state index < -0.39 is 14.5 Å². The second-order valence-electron chi connectivity index (χ2n) is 11.1. The van der Waals surface area contributed by atoms with Gasteiger partial charge in [-0.1, -0.05) is 103 Å². The Morgan fingerprint density at radius 2 is 0.596 bits per heavy atom. The Hall–Kier alpha value is -6.03. The SMILES string of the molecule is F[B-](F)(F)F.F[B-](F)(F)F.c1ccc(-c2cc(-c3c(-c4ccccc4)cc(-c4ccccc4)[o+]c3-c3ccccc3)cc(-c3ccccc3)[o+]2)cc1. The van der Waals surface area contributed by atoms with Gasteiger partial charge in [0.1, 0.15) is 0 Å². The number of hydrogen-bond donors (Lipinski definition) is 0. The highest BCUT2D eigenvalue weighted by Gasteiger charge is 2.31. The second kappa shape index (κ2) is 16.8. The predicted octanol–water partition coefficient (Wildman–Crippen LogP) is 14.0. The Morgan fingerprint density at radius 3 is 0.942 bits per heavy atom. The van der Waals surface area contributed by atoms with Gasteiger partial charge in [0.15, 0.2) is 0 Å². The first-order valence-corrected chi connectivity index (χ1v) is 15.8. The molecule has 2 heterocycles. The summed E-state index contributed by atoms with van der Waals surface area (Å²) >= 11 is 0. The Labute approximate surface area is 294 Å². The fourth-order valence-corrected chi connectivity index (χ4v) is 5.32. The van der Waals surface area contributed by atoms with Gasteiger partial charge in [-0.05, 0) is 54.1 Å². The van der Waals surface area contributed by atoms with Gasteiger partial charge in [0.25, 0.3) is 0 Å². The van der Waals surface area contributed by atoms with Crippen LogP contribution in [0, 0.1) is 0 Å².